The van der Waals surface area contributed by atoms with E-state index in [4.69, 9.17) is 4.74 Å². The maximum Gasteiger partial charge on any atom is 0.122 e. The molecule has 2 atom stereocenters. The highest BCUT2D eigenvalue weighted by atomic mass is 16.5. The molecule has 1 aliphatic heterocycles. The zero-order valence-electron chi connectivity index (χ0n) is 10.7. The Morgan fingerprint density at radius 1 is 1.47 bits per heavy atom. The van der Waals surface area contributed by atoms with Crippen LogP contribution < -0.4 is 10.1 Å². The van der Waals surface area contributed by atoms with Gasteiger partial charge in [0.2, 0.25) is 0 Å². The summed E-state index contributed by atoms with van der Waals surface area (Å²) in [6.45, 7) is 8.99. The first kappa shape index (κ1) is 12.2. The maximum atomic E-state index is 5.52. The molecular formula is C15H21NO. The van der Waals surface area contributed by atoms with Gasteiger partial charge in [-0.25, -0.2) is 0 Å². The van der Waals surface area contributed by atoms with Crippen LogP contribution in [-0.4, -0.2) is 12.6 Å². The number of nitrogens with one attached hydrogen (secondary N) is 1. The fourth-order valence-electron chi connectivity index (χ4n) is 2.32. The van der Waals surface area contributed by atoms with Gasteiger partial charge in [-0.1, -0.05) is 18.2 Å². The Labute approximate surface area is 104 Å². The number of hydrogen-bond donors (Lipinski definition) is 1. The third kappa shape index (κ3) is 2.89. The van der Waals surface area contributed by atoms with Gasteiger partial charge in [0, 0.05) is 18.5 Å². The lowest BCUT2D eigenvalue weighted by Crippen LogP contribution is -2.28. The quantitative estimate of drug-likeness (QED) is 0.785. The van der Waals surface area contributed by atoms with Crippen LogP contribution in [-0.2, 0) is 6.42 Å². The second-order valence-electron chi connectivity index (χ2n) is 4.78. The monoisotopic (exact) mass is 231 g/mol. The Bertz CT molecular complexity index is 400. The minimum atomic E-state index is 0.371. The molecule has 0 amide bonds. The Kier molecular flexibility index (Phi) is 3.85. The van der Waals surface area contributed by atoms with Crippen molar-refractivity contribution in [2.45, 2.75) is 38.8 Å². The summed E-state index contributed by atoms with van der Waals surface area (Å²) >= 11 is 0. The molecule has 0 radical (unpaired) electrons. The van der Waals surface area contributed by atoms with Gasteiger partial charge in [-0.15, -0.1) is 6.58 Å². The van der Waals surface area contributed by atoms with Gasteiger partial charge in [0.1, 0.15) is 5.75 Å². The minimum absolute atomic E-state index is 0.371. The van der Waals surface area contributed by atoms with Crippen molar-refractivity contribution in [1.29, 1.82) is 0 Å². The molecule has 1 aromatic rings. The molecule has 1 aromatic carbocycles. The molecule has 2 unspecified atom stereocenters. The zero-order chi connectivity index (χ0) is 12.3. The lowest BCUT2D eigenvalue weighted by molar-refractivity contribution is 0.356. The molecule has 2 heteroatoms. The second-order valence-corrected chi connectivity index (χ2v) is 4.78. The molecule has 1 aliphatic rings. The highest BCUT2D eigenvalue weighted by molar-refractivity contribution is 5.40. The van der Waals surface area contributed by atoms with E-state index in [1.165, 1.54) is 11.1 Å². The molecule has 2 nitrogen and oxygen atoms in total. The van der Waals surface area contributed by atoms with Crippen LogP contribution >= 0.6 is 0 Å². The smallest absolute Gasteiger partial charge is 0.122 e. The highest BCUT2D eigenvalue weighted by Gasteiger charge is 2.15. The van der Waals surface area contributed by atoms with E-state index in [0.717, 1.165) is 25.2 Å². The lowest BCUT2D eigenvalue weighted by Gasteiger charge is -2.19. The topological polar surface area (TPSA) is 21.3 Å². The summed E-state index contributed by atoms with van der Waals surface area (Å²) in [7, 11) is 0. The van der Waals surface area contributed by atoms with E-state index in [0.29, 0.717) is 12.1 Å². The average Bonchev–Trinajstić information content (AvgIpc) is 2.75. The van der Waals surface area contributed by atoms with E-state index in [1.807, 2.05) is 6.08 Å². The maximum absolute atomic E-state index is 5.52. The summed E-state index contributed by atoms with van der Waals surface area (Å²) in [6, 6.07) is 7.35. The number of rotatable bonds is 5. The van der Waals surface area contributed by atoms with Gasteiger partial charge in [-0.3, -0.25) is 0 Å². The Hall–Kier alpha value is -1.28. The first-order valence-corrected chi connectivity index (χ1v) is 6.33. The predicted molar refractivity (Wildman–Crippen MR) is 71.5 cm³/mol. The van der Waals surface area contributed by atoms with Crippen molar-refractivity contribution in [2.75, 3.05) is 6.61 Å². The highest BCUT2D eigenvalue weighted by Crippen LogP contribution is 2.28. The van der Waals surface area contributed by atoms with Gasteiger partial charge in [-0.2, -0.15) is 0 Å². The summed E-state index contributed by atoms with van der Waals surface area (Å²) in [4.78, 5) is 0. The molecule has 1 heterocycles. The van der Waals surface area contributed by atoms with E-state index < -0.39 is 0 Å². The molecule has 92 valence electrons. The van der Waals surface area contributed by atoms with Crippen molar-refractivity contribution in [2.24, 2.45) is 0 Å². The Morgan fingerprint density at radius 3 is 3.06 bits per heavy atom. The molecule has 2 rings (SSSR count). The third-order valence-corrected chi connectivity index (χ3v) is 3.27. The van der Waals surface area contributed by atoms with Crippen LogP contribution in [0.5, 0.6) is 5.75 Å². The van der Waals surface area contributed by atoms with Gasteiger partial charge < -0.3 is 10.1 Å². The van der Waals surface area contributed by atoms with Crippen LogP contribution in [0.2, 0.25) is 0 Å². The van der Waals surface area contributed by atoms with E-state index in [9.17, 15) is 0 Å². The molecule has 0 aromatic heterocycles. The van der Waals surface area contributed by atoms with Crippen LogP contribution in [0.25, 0.3) is 0 Å². The fraction of sp³-hybridized carbons (Fsp3) is 0.467. The van der Waals surface area contributed by atoms with Crippen molar-refractivity contribution < 1.29 is 4.74 Å². The van der Waals surface area contributed by atoms with Gasteiger partial charge in [0.25, 0.3) is 0 Å². The average molecular weight is 231 g/mol. The normalized spacial score (nSPS) is 17.1. The van der Waals surface area contributed by atoms with Gasteiger partial charge >= 0.3 is 0 Å². The number of hydrogen-bond acceptors (Lipinski definition) is 2. The molecule has 0 saturated carbocycles. The van der Waals surface area contributed by atoms with Gasteiger partial charge in [0.15, 0.2) is 0 Å². The standard InChI is InChI=1S/C15H21NO/c1-4-5-11(2)16-12(3)13-6-7-15-14(10-13)8-9-17-15/h4,6-7,10-12,16H,1,5,8-9H2,2-3H3. The molecule has 0 bridgehead atoms. The largest absolute Gasteiger partial charge is 0.493 e. The van der Waals surface area contributed by atoms with Crippen molar-refractivity contribution >= 4 is 0 Å². The van der Waals surface area contributed by atoms with Gasteiger partial charge in [0.05, 0.1) is 6.61 Å². The van der Waals surface area contributed by atoms with E-state index in [2.05, 4.69) is 43.9 Å². The van der Waals surface area contributed by atoms with E-state index in [-0.39, 0.29) is 0 Å². The van der Waals surface area contributed by atoms with Crippen LogP contribution in [0.15, 0.2) is 30.9 Å². The first-order valence-electron chi connectivity index (χ1n) is 6.33. The van der Waals surface area contributed by atoms with Crippen LogP contribution in [0.4, 0.5) is 0 Å². The molecule has 1 N–H and O–H groups in total. The molecule has 17 heavy (non-hydrogen) atoms. The molecular weight excluding hydrogens is 210 g/mol. The third-order valence-electron chi connectivity index (χ3n) is 3.27. The predicted octanol–water partition coefficient (Wildman–Crippen LogP) is 3.24. The lowest BCUT2D eigenvalue weighted by atomic mass is 10.0. The summed E-state index contributed by atoms with van der Waals surface area (Å²) in [5.41, 5.74) is 2.68. The van der Waals surface area contributed by atoms with Crippen LogP contribution in [0.1, 0.15) is 37.4 Å². The summed E-state index contributed by atoms with van der Waals surface area (Å²) in [5.74, 6) is 1.06. The van der Waals surface area contributed by atoms with Crippen molar-refractivity contribution in [3.05, 3.63) is 42.0 Å². The number of benzene rings is 1. The first-order chi connectivity index (χ1) is 8.20. The second kappa shape index (κ2) is 5.37. The van der Waals surface area contributed by atoms with Crippen molar-refractivity contribution in [3.63, 3.8) is 0 Å². The molecule has 0 saturated heterocycles. The van der Waals surface area contributed by atoms with E-state index in [1.54, 1.807) is 0 Å². The minimum Gasteiger partial charge on any atom is -0.493 e. The fourth-order valence-corrected chi connectivity index (χ4v) is 2.32. The van der Waals surface area contributed by atoms with Crippen LogP contribution in [0.3, 0.4) is 0 Å². The Balaban J connectivity index is 2.04. The summed E-state index contributed by atoms with van der Waals surface area (Å²) in [6.07, 6.45) is 4.00. The zero-order valence-corrected chi connectivity index (χ0v) is 10.7. The van der Waals surface area contributed by atoms with Gasteiger partial charge in [-0.05, 0) is 37.5 Å². The van der Waals surface area contributed by atoms with Crippen molar-refractivity contribution in [3.8, 4) is 5.75 Å². The Morgan fingerprint density at radius 2 is 2.29 bits per heavy atom. The molecule has 0 aliphatic carbocycles. The molecule has 0 fully saturated rings. The SMILES string of the molecule is C=CCC(C)NC(C)c1ccc2c(c1)CCO2. The summed E-state index contributed by atoms with van der Waals surface area (Å²) in [5, 5.41) is 3.58. The molecule has 0 spiro atoms. The van der Waals surface area contributed by atoms with Crippen LogP contribution in [0, 0.1) is 0 Å². The number of fused-ring (bicyclic) bond motifs is 1. The van der Waals surface area contributed by atoms with Crippen molar-refractivity contribution in [1.82, 2.24) is 5.32 Å². The summed E-state index contributed by atoms with van der Waals surface area (Å²) < 4.78 is 5.52. The number of ether oxygens (including phenoxy) is 1. The van der Waals surface area contributed by atoms with E-state index >= 15 is 0 Å².